The molecule has 5 unspecified atom stereocenters. The Bertz CT molecular complexity index is 447. The topological polar surface area (TPSA) is 0 Å². The molecule has 3 saturated carbocycles. The smallest absolute Gasteiger partial charge is 0.0544 e. The van der Waals surface area contributed by atoms with Crippen molar-refractivity contribution in [3.05, 3.63) is 24.3 Å². The van der Waals surface area contributed by atoms with Gasteiger partial charge in [-0.15, -0.1) is 0 Å². The van der Waals surface area contributed by atoms with Crippen LogP contribution in [0.25, 0.3) is 0 Å². The average Bonchev–Trinajstić information content (AvgIpc) is 3.12. The Morgan fingerprint density at radius 1 is 0.762 bits per heavy atom. The quantitative estimate of drug-likeness (QED) is 0.534. The predicted molar refractivity (Wildman–Crippen MR) is 94.2 cm³/mol. The third-order valence-corrected chi connectivity index (χ3v) is 13.0. The third kappa shape index (κ3) is 2.31. The summed E-state index contributed by atoms with van der Waals surface area (Å²) in [5.41, 5.74) is 2.21. The first-order valence-electron chi connectivity index (χ1n) is 9.53. The summed E-state index contributed by atoms with van der Waals surface area (Å²) in [6.45, 7) is 5.54. The van der Waals surface area contributed by atoms with Gasteiger partial charge in [-0.3, -0.25) is 0 Å². The van der Waals surface area contributed by atoms with Gasteiger partial charge in [-0.25, -0.2) is 0 Å². The summed E-state index contributed by atoms with van der Waals surface area (Å²) in [6, 6.07) is 0. The number of rotatable bonds is 2. The van der Waals surface area contributed by atoms with Gasteiger partial charge in [0.25, 0.3) is 0 Å². The summed E-state index contributed by atoms with van der Waals surface area (Å²) in [7, 11) is -1.14. The van der Waals surface area contributed by atoms with E-state index in [0.717, 1.165) is 34.8 Å². The number of hydrogen-bond donors (Lipinski definition) is 0. The highest BCUT2D eigenvalue weighted by atomic mass is 28.3. The van der Waals surface area contributed by atoms with Crippen molar-refractivity contribution in [2.75, 3.05) is 0 Å². The molecule has 0 heterocycles. The normalized spacial score (nSPS) is 45.6. The molecule has 0 aromatic carbocycles. The van der Waals surface area contributed by atoms with E-state index >= 15 is 0 Å². The van der Waals surface area contributed by atoms with Crippen molar-refractivity contribution < 1.29 is 0 Å². The maximum atomic E-state index is 2.77. The molecule has 0 aliphatic heterocycles. The molecule has 0 radical (unpaired) electrons. The first kappa shape index (κ1) is 14.3. The molecule has 0 amide bonds. The Morgan fingerprint density at radius 3 is 2.43 bits per heavy atom. The van der Waals surface area contributed by atoms with Crippen LogP contribution in [-0.2, 0) is 0 Å². The third-order valence-electron chi connectivity index (χ3n) is 7.82. The van der Waals surface area contributed by atoms with E-state index in [1.54, 1.807) is 25.7 Å². The van der Waals surface area contributed by atoms with E-state index in [9.17, 15) is 0 Å². The zero-order valence-corrected chi connectivity index (χ0v) is 14.9. The highest BCUT2D eigenvalue weighted by molar-refractivity contribution is 6.80. The van der Waals surface area contributed by atoms with Crippen LogP contribution >= 0.6 is 0 Å². The molecule has 0 aromatic heterocycles. The van der Waals surface area contributed by atoms with E-state index < -0.39 is 8.07 Å². The summed E-state index contributed by atoms with van der Waals surface area (Å²) in [5, 5.41) is 0. The first-order chi connectivity index (χ1) is 10.2. The van der Waals surface area contributed by atoms with Crippen molar-refractivity contribution >= 4 is 8.07 Å². The lowest BCUT2D eigenvalue weighted by Crippen LogP contribution is -2.42. The summed E-state index contributed by atoms with van der Waals surface area (Å²) < 4.78 is 0. The fourth-order valence-corrected chi connectivity index (χ4v) is 12.0. The second kappa shape index (κ2) is 5.40. The minimum atomic E-state index is -1.14. The first-order valence-corrected chi connectivity index (χ1v) is 12.7. The standard InChI is InChI=1S/C20H32Si/c1-21(2,19-13-11-15-7-3-5-9-17(15)19)20-14-12-16-8-4-6-10-18(16)20/h3,5,7,9,15-20H,4,6,8,10-14H2,1-2H3/t15?,16?,17?,18?,19-,20?/m0/s1. The van der Waals surface area contributed by atoms with Crippen LogP contribution in [0, 0.1) is 23.7 Å². The maximum absolute atomic E-state index is 2.77. The lowest BCUT2D eigenvalue weighted by atomic mass is 9.82. The van der Waals surface area contributed by atoms with Crippen molar-refractivity contribution in [2.24, 2.45) is 23.7 Å². The number of hydrogen-bond acceptors (Lipinski definition) is 0. The molecule has 0 bridgehead atoms. The van der Waals surface area contributed by atoms with Crippen molar-refractivity contribution in [1.29, 1.82) is 0 Å². The van der Waals surface area contributed by atoms with Gasteiger partial charge in [-0.1, -0.05) is 82.3 Å². The zero-order valence-electron chi connectivity index (χ0n) is 13.9. The molecular weight excluding hydrogens is 268 g/mol. The second-order valence-corrected chi connectivity index (χ2v) is 14.0. The van der Waals surface area contributed by atoms with Gasteiger partial charge in [-0.05, 0) is 41.2 Å². The van der Waals surface area contributed by atoms with Crippen molar-refractivity contribution in [3.63, 3.8) is 0 Å². The van der Waals surface area contributed by atoms with Gasteiger partial charge in [0, 0.05) is 0 Å². The van der Waals surface area contributed by atoms with E-state index in [0.29, 0.717) is 0 Å². The minimum Gasteiger partial charge on any atom is -0.0808 e. The van der Waals surface area contributed by atoms with Crippen LogP contribution in [0.5, 0.6) is 0 Å². The lowest BCUT2D eigenvalue weighted by Gasteiger charge is -2.43. The Hall–Kier alpha value is -0.303. The second-order valence-electron chi connectivity index (χ2n) is 8.91. The van der Waals surface area contributed by atoms with E-state index in [-0.39, 0.29) is 0 Å². The molecule has 6 atom stereocenters. The summed E-state index contributed by atoms with van der Waals surface area (Å²) in [4.78, 5) is 0. The monoisotopic (exact) mass is 300 g/mol. The Balaban J connectivity index is 1.56. The van der Waals surface area contributed by atoms with Crippen LogP contribution in [0.4, 0.5) is 0 Å². The van der Waals surface area contributed by atoms with Crippen molar-refractivity contribution in [1.82, 2.24) is 0 Å². The predicted octanol–water partition coefficient (Wildman–Crippen LogP) is 6.19. The molecule has 4 rings (SSSR count). The van der Waals surface area contributed by atoms with Gasteiger partial charge < -0.3 is 0 Å². The molecule has 0 spiro atoms. The molecule has 0 saturated heterocycles. The van der Waals surface area contributed by atoms with Crippen LogP contribution in [0.15, 0.2) is 24.3 Å². The van der Waals surface area contributed by atoms with Gasteiger partial charge >= 0.3 is 0 Å². The highest BCUT2D eigenvalue weighted by Gasteiger charge is 2.52. The Kier molecular flexibility index (Phi) is 3.68. The molecule has 4 aliphatic carbocycles. The van der Waals surface area contributed by atoms with Crippen LogP contribution in [0.2, 0.25) is 24.2 Å². The zero-order chi connectivity index (χ0) is 14.4. The van der Waals surface area contributed by atoms with Crippen LogP contribution in [-0.4, -0.2) is 8.07 Å². The van der Waals surface area contributed by atoms with E-state index in [1.165, 1.54) is 25.7 Å². The average molecular weight is 301 g/mol. The SMILES string of the molecule is C[Si](C)(C1CCC2CCCCC21)[C@H]1CCC2C=CC=CC21. The molecular formula is C20H32Si. The van der Waals surface area contributed by atoms with Gasteiger partial charge in [0.15, 0.2) is 0 Å². The lowest BCUT2D eigenvalue weighted by molar-refractivity contribution is 0.273. The fraction of sp³-hybridized carbons (Fsp3) is 0.800. The Labute approximate surface area is 132 Å². The fourth-order valence-electron chi connectivity index (χ4n) is 6.75. The highest BCUT2D eigenvalue weighted by Crippen LogP contribution is 2.60. The molecule has 4 aliphatic rings. The van der Waals surface area contributed by atoms with E-state index in [1.807, 2.05) is 0 Å². The van der Waals surface area contributed by atoms with Gasteiger partial charge in [-0.2, -0.15) is 0 Å². The number of allylic oxidation sites excluding steroid dienone is 4. The minimum absolute atomic E-state index is 0.885. The van der Waals surface area contributed by atoms with Crippen LogP contribution in [0.3, 0.4) is 0 Å². The summed E-state index contributed by atoms with van der Waals surface area (Å²) in [6.07, 6.45) is 22.0. The largest absolute Gasteiger partial charge is 0.0808 e. The molecule has 21 heavy (non-hydrogen) atoms. The van der Waals surface area contributed by atoms with Crippen LogP contribution in [0.1, 0.15) is 51.4 Å². The van der Waals surface area contributed by atoms with Gasteiger partial charge in [0.05, 0.1) is 8.07 Å². The van der Waals surface area contributed by atoms with Crippen molar-refractivity contribution in [3.8, 4) is 0 Å². The van der Waals surface area contributed by atoms with E-state index in [2.05, 4.69) is 37.4 Å². The molecule has 0 N–H and O–H groups in total. The Morgan fingerprint density at radius 2 is 1.52 bits per heavy atom. The molecule has 116 valence electrons. The summed E-state index contributed by atoms with van der Waals surface area (Å²) >= 11 is 0. The summed E-state index contributed by atoms with van der Waals surface area (Å²) in [5.74, 6) is 4.03. The van der Waals surface area contributed by atoms with Crippen molar-refractivity contribution in [2.45, 2.75) is 75.5 Å². The van der Waals surface area contributed by atoms with Gasteiger partial charge in [0.2, 0.25) is 0 Å². The molecule has 0 aromatic rings. The van der Waals surface area contributed by atoms with Crippen LogP contribution < -0.4 is 0 Å². The maximum Gasteiger partial charge on any atom is 0.0544 e. The van der Waals surface area contributed by atoms with Gasteiger partial charge in [0.1, 0.15) is 0 Å². The molecule has 1 heteroatoms. The number of fused-ring (bicyclic) bond motifs is 2. The molecule has 0 nitrogen and oxygen atoms in total. The van der Waals surface area contributed by atoms with E-state index in [4.69, 9.17) is 0 Å². The molecule has 3 fully saturated rings.